The average molecular weight is 384 g/mol. The number of imidazole rings is 1. The number of halogens is 2. The topological polar surface area (TPSA) is 51.5 Å². The van der Waals surface area contributed by atoms with E-state index in [0.29, 0.717) is 17.5 Å². The van der Waals surface area contributed by atoms with Crippen LogP contribution in [0.2, 0.25) is 0 Å². The molecule has 3 heterocycles. The quantitative estimate of drug-likeness (QED) is 0.558. The van der Waals surface area contributed by atoms with Crippen LogP contribution in [0.25, 0.3) is 16.2 Å². The summed E-state index contributed by atoms with van der Waals surface area (Å²) in [7, 11) is 0. The first-order valence-corrected chi connectivity index (χ1v) is 9.28. The Morgan fingerprint density at radius 3 is 2.74 bits per heavy atom. The minimum absolute atomic E-state index is 0.0723. The second-order valence-corrected chi connectivity index (χ2v) is 7.24. The third-order valence-corrected chi connectivity index (χ3v) is 5.35. The highest BCUT2D eigenvalue weighted by Gasteiger charge is 2.23. The number of ether oxygens (including phenoxy) is 1. The summed E-state index contributed by atoms with van der Waals surface area (Å²) < 4.78 is 34.0. The van der Waals surface area contributed by atoms with Gasteiger partial charge in [-0.1, -0.05) is 11.3 Å². The molecule has 1 atom stereocenters. The molecule has 5 nitrogen and oxygen atoms in total. The molecule has 1 N–H and O–H groups in total. The van der Waals surface area contributed by atoms with Crippen LogP contribution >= 0.6 is 11.3 Å². The van der Waals surface area contributed by atoms with Gasteiger partial charge in [0, 0.05) is 17.5 Å². The molecule has 5 rings (SSSR count). The molecule has 1 aliphatic heterocycles. The van der Waals surface area contributed by atoms with E-state index in [1.807, 2.05) is 6.20 Å². The molecule has 8 heteroatoms. The Morgan fingerprint density at radius 2 is 1.93 bits per heavy atom. The maximum Gasteiger partial charge on any atom is 0.214 e. The molecular formula is C19H14F2N4OS. The highest BCUT2D eigenvalue weighted by Crippen LogP contribution is 2.36. The van der Waals surface area contributed by atoms with Crippen molar-refractivity contribution in [1.82, 2.24) is 14.6 Å². The van der Waals surface area contributed by atoms with E-state index in [9.17, 15) is 8.78 Å². The lowest BCUT2D eigenvalue weighted by atomic mass is 10.0. The molecule has 0 saturated carbocycles. The van der Waals surface area contributed by atoms with Crippen molar-refractivity contribution in [3.05, 3.63) is 65.9 Å². The maximum atomic E-state index is 13.6. The fourth-order valence-corrected chi connectivity index (χ4v) is 4.02. The van der Waals surface area contributed by atoms with Crippen LogP contribution in [0.4, 0.5) is 13.9 Å². The summed E-state index contributed by atoms with van der Waals surface area (Å²) in [4.78, 5) is 5.28. The van der Waals surface area contributed by atoms with Crippen LogP contribution in [0.3, 0.4) is 0 Å². The molecule has 0 bridgehead atoms. The standard InChI is InChI=1S/C19H14F2N4OS/c20-12-3-1-11(2-4-12)16-10-25-19(23-16)27-18(24-25)22-15-7-8-26-17-6-5-13(21)9-14(15)17/h1-6,9-10,15H,7-8H2,(H,22,24). The molecule has 0 saturated heterocycles. The van der Waals surface area contributed by atoms with Gasteiger partial charge in [0.25, 0.3) is 0 Å². The zero-order valence-electron chi connectivity index (χ0n) is 14.0. The lowest BCUT2D eigenvalue weighted by Gasteiger charge is -2.26. The van der Waals surface area contributed by atoms with Gasteiger partial charge in [0.1, 0.15) is 17.4 Å². The van der Waals surface area contributed by atoms with E-state index in [2.05, 4.69) is 15.4 Å². The predicted octanol–water partition coefficient (Wildman–Crippen LogP) is 4.67. The highest BCUT2D eigenvalue weighted by molar-refractivity contribution is 7.20. The first-order valence-electron chi connectivity index (χ1n) is 8.47. The van der Waals surface area contributed by atoms with Crippen LogP contribution in [0.5, 0.6) is 5.75 Å². The van der Waals surface area contributed by atoms with Gasteiger partial charge in [-0.2, -0.15) is 0 Å². The van der Waals surface area contributed by atoms with Crippen molar-refractivity contribution in [3.63, 3.8) is 0 Å². The van der Waals surface area contributed by atoms with Crippen molar-refractivity contribution in [2.75, 3.05) is 11.9 Å². The third-order valence-electron chi connectivity index (χ3n) is 4.49. The number of anilines is 1. The monoisotopic (exact) mass is 384 g/mol. The van der Waals surface area contributed by atoms with E-state index in [0.717, 1.165) is 28.2 Å². The first-order chi connectivity index (χ1) is 13.2. The number of benzene rings is 2. The zero-order valence-corrected chi connectivity index (χ0v) is 14.8. The minimum atomic E-state index is -0.288. The predicted molar refractivity (Wildman–Crippen MR) is 99.1 cm³/mol. The Labute approximate surface area is 157 Å². The van der Waals surface area contributed by atoms with Gasteiger partial charge in [0.2, 0.25) is 10.1 Å². The van der Waals surface area contributed by atoms with Crippen molar-refractivity contribution in [1.29, 1.82) is 0 Å². The average Bonchev–Trinajstić information content (AvgIpc) is 3.21. The van der Waals surface area contributed by atoms with Gasteiger partial charge in [-0.3, -0.25) is 0 Å². The molecule has 0 fully saturated rings. The van der Waals surface area contributed by atoms with Crippen LogP contribution in [0.1, 0.15) is 18.0 Å². The Bertz CT molecular complexity index is 1090. The summed E-state index contributed by atoms with van der Waals surface area (Å²) >= 11 is 1.41. The maximum absolute atomic E-state index is 13.6. The fourth-order valence-electron chi connectivity index (χ4n) is 3.18. The number of hydrogen-bond donors (Lipinski definition) is 1. The largest absolute Gasteiger partial charge is 0.493 e. The van der Waals surface area contributed by atoms with Crippen LogP contribution in [0, 0.1) is 11.6 Å². The smallest absolute Gasteiger partial charge is 0.214 e. The lowest BCUT2D eigenvalue weighted by molar-refractivity contribution is 0.273. The molecule has 1 aliphatic rings. The van der Waals surface area contributed by atoms with Crippen LogP contribution in [-0.2, 0) is 0 Å². The van der Waals surface area contributed by atoms with E-state index in [4.69, 9.17) is 4.74 Å². The number of rotatable bonds is 3. The summed E-state index contributed by atoms with van der Waals surface area (Å²) in [6, 6.07) is 10.7. The Hall–Kier alpha value is -3.00. The minimum Gasteiger partial charge on any atom is -0.493 e. The Kier molecular flexibility index (Phi) is 3.78. The number of nitrogens with zero attached hydrogens (tertiary/aromatic N) is 3. The van der Waals surface area contributed by atoms with E-state index in [1.54, 1.807) is 22.7 Å². The molecule has 2 aromatic heterocycles. The van der Waals surface area contributed by atoms with E-state index >= 15 is 0 Å². The zero-order chi connectivity index (χ0) is 18.4. The number of nitrogens with one attached hydrogen (secondary N) is 1. The van der Waals surface area contributed by atoms with Gasteiger partial charge in [-0.25, -0.2) is 18.3 Å². The van der Waals surface area contributed by atoms with Gasteiger partial charge in [0.15, 0.2) is 0 Å². The van der Waals surface area contributed by atoms with Gasteiger partial charge in [-0.05, 0) is 42.5 Å². The first kappa shape index (κ1) is 16.2. The van der Waals surface area contributed by atoms with Crippen molar-refractivity contribution in [3.8, 4) is 17.0 Å². The van der Waals surface area contributed by atoms with E-state index in [1.165, 1.54) is 35.6 Å². The Balaban J connectivity index is 1.42. The lowest BCUT2D eigenvalue weighted by Crippen LogP contribution is -2.20. The third kappa shape index (κ3) is 3.02. The van der Waals surface area contributed by atoms with Crippen molar-refractivity contribution >= 4 is 21.4 Å². The fraction of sp³-hybridized carbons (Fsp3) is 0.158. The molecule has 27 heavy (non-hydrogen) atoms. The number of hydrogen-bond acceptors (Lipinski definition) is 5. The summed E-state index contributed by atoms with van der Waals surface area (Å²) in [6.45, 7) is 0.563. The van der Waals surface area contributed by atoms with Gasteiger partial charge in [-0.15, -0.1) is 5.10 Å². The normalized spacial score (nSPS) is 16.1. The van der Waals surface area contributed by atoms with Crippen molar-refractivity contribution < 1.29 is 13.5 Å². The highest BCUT2D eigenvalue weighted by atomic mass is 32.1. The van der Waals surface area contributed by atoms with Gasteiger partial charge in [0.05, 0.1) is 24.5 Å². The molecule has 1 unspecified atom stereocenters. The molecular weight excluding hydrogens is 370 g/mol. The molecule has 136 valence electrons. The summed E-state index contributed by atoms with van der Waals surface area (Å²) in [5, 5.41) is 8.57. The van der Waals surface area contributed by atoms with E-state index < -0.39 is 0 Å². The van der Waals surface area contributed by atoms with Gasteiger partial charge < -0.3 is 10.1 Å². The Morgan fingerprint density at radius 1 is 1.11 bits per heavy atom. The van der Waals surface area contributed by atoms with Gasteiger partial charge >= 0.3 is 0 Å². The van der Waals surface area contributed by atoms with Crippen LogP contribution in [0.15, 0.2) is 48.7 Å². The molecule has 2 aromatic carbocycles. The summed E-state index contributed by atoms with van der Waals surface area (Å²) in [5.74, 6) is 0.126. The molecule has 0 aliphatic carbocycles. The molecule has 0 spiro atoms. The van der Waals surface area contributed by atoms with Crippen molar-refractivity contribution in [2.24, 2.45) is 0 Å². The number of fused-ring (bicyclic) bond motifs is 2. The summed E-state index contributed by atoms with van der Waals surface area (Å²) in [5.41, 5.74) is 2.36. The molecule has 4 aromatic rings. The second kappa shape index (κ2) is 6.31. The van der Waals surface area contributed by atoms with E-state index in [-0.39, 0.29) is 17.7 Å². The molecule has 0 radical (unpaired) electrons. The summed E-state index contributed by atoms with van der Waals surface area (Å²) in [6.07, 6.45) is 2.53. The SMILES string of the molecule is Fc1ccc(-c2cn3nc(NC4CCOc5ccc(F)cc54)sc3n2)cc1. The number of aromatic nitrogens is 3. The van der Waals surface area contributed by atoms with Crippen molar-refractivity contribution in [2.45, 2.75) is 12.5 Å². The van der Waals surface area contributed by atoms with Crippen LogP contribution < -0.4 is 10.1 Å². The second-order valence-electron chi connectivity index (χ2n) is 6.28. The van der Waals surface area contributed by atoms with Crippen LogP contribution in [-0.4, -0.2) is 21.2 Å². The molecule has 0 amide bonds.